The van der Waals surface area contributed by atoms with Crippen molar-refractivity contribution >= 4 is 0 Å². The zero-order chi connectivity index (χ0) is 19.8. The van der Waals surface area contributed by atoms with Gasteiger partial charge in [0.25, 0.3) is 5.92 Å². The molecule has 0 bridgehead atoms. The fourth-order valence-electron chi connectivity index (χ4n) is 5.03. The Kier molecular flexibility index (Phi) is 5.74. The van der Waals surface area contributed by atoms with Gasteiger partial charge in [-0.3, -0.25) is 0 Å². The summed E-state index contributed by atoms with van der Waals surface area (Å²) in [6, 6.07) is 2.65. The number of halogens is 5. The van der Waals surface area contributed by atoms with Gasteiger partial charge in [0.15, 0.2) is 17.2 Å². The lowest BCUT2D eigenvalue weighted by Crippen LogP contribution is -2.46. The summed E-state index contributed by atoms with van der Waals surface area (Å²) in [6.07, 6.45) is 1.59. The highest BCUT2D eigenvalue weighted by Gasteiger charge is 2.64. The molecule has 0 saturated heterocycles. The van der Waals surface area contributed by atoms with E-state index in [0.29, 0.717) is 19.3 Å². The summed E-state index contributed by atoms with van der Waals surface area (Å²) in [5, 5.41) is 0. The van der Waals surface area contributed by atoms with E-state index in [4.69, 9.17) is 4.74 Å². The van der Waals surface area contributed by atoms with E-state index in [9.17, 15) is 17.6 Å². The largest absolute Gasteiger partial charge is 0.491 e. The Labute approximate surface area is 157 Å². The Bertz CT molecular complexity index is 677. The van der Waals surface area contributed by atoms with Gasteiger partial charge in [-0.1, -0.05) is 25.8 Å². The molecule has 3 rings (SSSR count). The standard InChI is InChI=1S/C21H27F5O/c1-3-5-13-6-7-15-10-14(12-20(15,24)21(25,26)11-13)16-8-9-17(27-4-2)19(23)18(16)22/h8-9,13-15H,3-7,10-12H2,1-2H3. The summed E-state index contributed by atoms with van der Waals surface area (Å²) >= 11 is 0. The maximum Gasteiger partial charge on any atom is 0.282 e. The first-order chi connectivity index (χ1) is 12.7. The molecule has 2 fully saturated rings. The lowest BCUT2D eigenvalue weighted by atomic mass is 9.84. The Balaban J connectivity index is 1.87. The van der Waals surface area contributed by atoms with Gasteiger partial charge >= 0.3 is 0 Å². The molecule has 2 saturated carbocycles. The van der Waals surface area contributed by atoms with Crippen molar-refractivity contribution in [3.05, 3.63) is 29.3 Å². The molecule has 0 radical (unpaired) electrons. The number of alkyl halides is 3. The SMILES string of the molecule is CCCC1CCC2CC(c3ccc(OCC)c(F)c3F)CC2(F)C(F)(F)C1. The fourth-order valence-corrected chi connectivity index (χ4v) is 5.03. The van der Waals surface area contributed by atoms with Gasteiger partial charge in [0.05, 0.1) is 6.61 Å². The molecule has 1 aromatic rings. The van der Waals surface area contributed by atoms with Crippen LogP contribution >= 0.6 is 0 Å². The van der Waals surface area contributed by atoms with Gasteiger partial charge in [-0.15, -0.1) is 0 Å². The van der Waals surface area contributed by atoms with E-state index < -0.39 is 47.9 Å². The average molecular weight is 390 g/mol. The van der Waals surface area contributed by atoms with Gasteiger partial charge in [0.2, 0.25) is 5.82 Å². The lowest BCUT2D eigenvalue weighted by Gasteiger charge is -2.33. The number of fused-ring (bicyclic) bond motifs is 1. The molecule has 2 aliphatic carbocycles. The third kappa shape index (κ3) is 3.56. The number of ether oxygens (including phenoxy) is 1. The minimum Gasteiger partial charge on any atom is -0.491 e. The van der Waals surface area contributed by atoms with Crippen molar-refractivity contribution in [2.24, 2.45) is 11.8 Å². The first-order valence-corrected chi connectivity index (χ1v) is 9.90. The number of benzene rings is 1. The van der Waals surface area contributed by atoms with E-state index in [1.54, 1.807) is 6.92 Å². The third-order valence-corrected chi connectivity index (χ3v) is 6.35. The summed E-state index contributed by atoms with van der Waals surface area (Å²) in [5.74, 6) is -7.66. The van der Waals surface area contributed by atoms with Crippen LogP contribution in [0.15, 0.2) is 12.1 Å². The van der Waals surface area contributed by atoms with Crippen LogP contribution in [0, 0.1) is 23.5 Å². The predicted octanol–water partition coefficient (Wildman–Crippen LogP) is 6.80. The molecule has 6 heteroatoms. The minimum absolute atomic E-state index is 0.0260. The first kappa shape index (κ1) is 20.4. The van der Waals surface area contributed by atoms with Crippen molar-refractivity contribution in [3.8, 4) is 5.75 Å². The molecule has 1 nitrogen and oxygen atoms in total. The molecule has 27 heavy (non-hydrogen) atoms. The van der Waals surface area contributed by atoms with Gasteiger partial charge < -0.3 is 4.74 Å². The molecular weight excluding hydrogens is 363 g/mol. The van der Waals surface area contributed by atoms with Gasteiger partial charge in [0, 0.05) is 6.42 Å². The minimum atomic E-state index is -3.44. The maximum atomic E-state index is 15.6. The van der Waals surface area contributed by atoms with E-state index in [-0.39, 0.29) is 30.3 Å². The number of hydrogen-bond acceptors (Lipinski definition) is 1. The van der Waals surface area contributed by atoms with E-state index in [0.717, 1.165) is 6.42 Å². The highest BCUT2D eigenvalue weighted by atomic mass is 19.3. The Morgan fingerprint density at radius 2 is 1.78 bits per heavy atom. The summed E-state index contributed by atoms with van der Waals surface area (Å²) in [5.41, 5.74) is -2.68. The highest BCUT2D eigenvalue weighted by molar-refractivity contribution is 5.34. The summed E-state index contributed by atoms with van der Waals surface area (Å²) in [6.45, 7) is 3.77. The maximum absolute atomic E-state index is 15.6. The summed E-state index contributed by atoms with van der Waals surface area (Å²) in [7, 11) is 0. The molecule has 0 aliphatic heterocycles. The second-order valence-electron chi connectivity index (χ2n) is 8.05. The first-order valence-electron chi connectivity index (χ1n) is 9.90. The average Bonchev–Trinajstić information content (AvgIpc) is 2.91. The second kappa shape index (κ2) is 7.59. The zero-order valence-electron chi connectivity index (χ0n) is 15.8. The molecule has 0 heterocycles. The lowest BCUT2D eigenvalue weighted by molar-refractivity contribution is -0.159. The quantitative estimate of drug-likeness (QED) is 0.502. The molecule has 0 aromatic heterocycles. The van der Waals surface area contributed by atoms with Gasteiger partial charge in [-0.05, 0) is 62.0 Å². The highest BCUT2D eigenvalue weighted by Crippen LogP contribution is 2.60. The van der Waals surface area contributed by atoms with E-state index >= 15 is 4.39 Å². The van der Waals surface area contributed by atoms with Crippen molar-refractivity contribution in [1.29, 1.82) is 0 Å². The van der Waals surface area contributed by atoms with Crippen molar-refractivity contribution in [1.82, 2.24) is 0 Å². The van der Waals surface area contributed by atoms with Crippen molar-refractivity contribution in [3.63, 3.8) is 0 Å². The molecule has 0 amide bonds. The van der Waals surface area contributed by atoms with Crippen molar-refractivity contribution < 1.29 is 26.7 Å². The summed E-state index contributed by atoms with van der Waals surface area (Å²) < 4.78 is 79.0. The van der Waals surface area contributed by atoms with E-state index in [2.05, 4.69) is 0 Å². The molecule has 0 spiro atoms. The van der Waals surface area contributed by atoms with Crippen LogP contribution in [0.1, 0.15) is 70.3 Å². The van der Waals surface area contributed by atoms with Crippen LogP contribution in [-0.4, -0.2) is 18.2 Å². The zero-order valence-corrected chi connectivity index (χ0v) is 15.8. The van der Waals surface area contributed by atoms with Crippen LogP contribution in [-0.2, 0) is 0 Å². The summed E-state index contributed by atoms with van der Waals surface area (Å²) in [4.78, 5) is 0. The van der Waals surface area contributed by atoms with E-state index in [1.807, 2.05) is 6.92 Å². The van der Waals surface area contributed by atoms with Crippen LogP contribution in [0.4, 0.5) is 22.0 Å². The van der Waals surface area contributed by atoms with Crippen molar-refractivity contribution in [2.45, 2.75) is 76.3 Å². The Morgan fingerprint density at radius 1 is 1.04 bits per heavy atom. The molecule has 1 aromatic carbocycles. The Morgan fingerprint density at radius 3 is 2.44 bits per heavy atom. The molecular formula is C21H27F5O. The van der Waals surface area contributed by atoms with Crippen LogP contribution in [0.2, 0.25) is 0 Å². The Hall–Kier alpha value is -1.33. The predicted molar refractivity (Wildman–Crippen MR) is 94.0 cm³/mol. The normalized spacial score (nSPS) is 32.8. The fraction of sp³-hybridized carbons (Fsp3) is 0.714. The van der Waals surface area contributed by atoms with Crippen LogP contribution in [0.25, 0.3) is 0 Å². The smallest absolute Gasteiger partial charge is 0.282 e. The molecule has 0 N–H and O–H groups in total. The van der Waals surface area contributed by atoms with Crippen molar-refractivity contribution in [2.75, 3.05) is 6.61 Å². The molecule has 4 unspecified atom stereocenters. The molecule has 152 valence electrons. The number of hydrogen-bond donors (Lipinski definition) is 0. The monoisotopic (exact) mass is 390 g/mol. The van der Waals surface area contributed by atoms with Gasteiger partial charge in [-0.25, -0.2) is 17.6 Å². The van der Waals surface area contributed by atoms with Crippen LogP contribution in [0.5, 0.6) is 5.75 Å². The van der Waals surface area contributed by atoms with E-state index in [1.165, 1.54) is 12.1 Å². The van der Waals surface area contributed by atoms with Gasteiger partial charge in [-0.2, -0.15) is 4.39 Å². The van der Waals surface area contributed by atoms with Crippen LogP contribution in [0.3, 0.4) is 0 Å². The molecule has 4 atom stereocenters. The topological polar surface area (TPSA) is 9.23 Å². The number of rotatable bonds is 5. The second-order valence-corrected chi connectivity index (χ2v) is 8.05. The van der Waals surface area contributed by atoms with Gasteiger partial charge in [0.1, 0.15) is 0 Å². The van der Waals surface area contributed by atoms with Crippen LogP contribution < -0.4 is 4.74 Å². The molecule has 2 aliphatic rings. The third-order valence-electron chi connectivity index (χ3n) is 6.35.